The number of nitrogens with zero attached hydrogens (tertiary/aromatic N) is 3. The van der Waals surface area contributed by atoms with Crippen molar-refractivity contribution in [2.75, 3.05) is 31.1 Å². The molecule has 0 unspecified atom stereocenters. The van der Waals surface area contributed by atoms with Crippen molar-refractivity contribution >= 4 is 30.6 Å². The van der Waals surface area contributed by atoms with Gasteiger partial charge in [-0.3, -0.25) is 0 Å². The van der Waals surface area contributed by atoms with Gasteiger partial charge in [-0.05, 0) is 12.1 Å². The maximum absolute atomic E-state index is 8.72. The highest BCUT2D eigenvalue weighted by atomic mass is 35.5. The summed E-state index contributed by atoms with van der Waals surface area (Å²) in [4.78, 5) is 6.44. The summed E-state index contributed by atoms with van der Waals surface area (Å²) < 4.78 is 0. The van der Waals surface area contributed by atoms with Crippen LogP contribution in [0.4, 0.5) is 5.82 Å². The number of pyridine rings is 1. The minimum absolute atomic E-state index is 0. The van der Waals surface area contributed by atoms with Gasteiger partial charge >= 0.3 is 0 Å². The molecule has 0 atom stereocenters. The number of rotatable bonds is 1. The molecule has 0 aromatic carbocycles. The molecule has 0 amide bonds. The predicted molar refractivity (Wildman–Crippen MR) is 68.5 cm³/mol. The average molecular weight is 261 g/mol. The van der Waals surface area contributed by atoms with Gasteiger partial charge in [0.15, 0.2) is 0 Å². The van der Waals surface area contributed by atoms with Crippen molar-refractivity contribution < 1.29 is 0 Å². The van der Waals surface area contributed by atoms with Gasteiger partial charge in [0, 0.05) is 26.2 Å². The number of hydrogen-bond acceptors (Lipinski definition) is 4. The number of halogens is 2. The summed E-state index contributed by atoms with van der Waals surface area (Å²) in [6, 6.07) is 7.61. The summed E-state index contributed by atoms with van der Waals surface area (Å²) in [5.74, 6) is 0.908. The minimum Gasteiger partial charge on any atom is -0.354 e. The standard InChI is InChI=1S/C10H12N4.2ClH/c11-8-9-2-1-3-10(13-9)14-6-4-12-5-7-14;;/h1-3,12H,4-7H2;2*1H. The summed E-state index contributed by atoms with van der Waals surface area (Å²) in [6.07, 6.45) is 0. The topological polar surface area (TPSA) is 52.0 Å². The van der Waals surface area contributed by atoms with Gasteiger partial charge in [-0.15, -0.1) is 24.8 Å². The Morgan fingerprint density at radius 3 is 2.56 bits per heavy atom. The van der Waals surface area contributed by atoms with Gasteiger partial charge < -0.3 is 10.2 Å². The van der Waals surface area contributed by atoms with Crippen molar-refractivity contribution in [1.82, 2.24) is 10.3 Å². The van der Waals surface area contributed by atoms with Crippen LogP contribution in [0.25, 0.3) is 0 Å². The SMILES string of the molecule is Cl.Cl.N#Cc1cccc(N2CCNCC2)n1. The zero-order chi connectivity index (χ0) is 9.80. The molecule has 1 aromatic rings. The molecule has 0 radical (unpaired) electrons. The van der Waals surface area contributed by atoms with Crippen LogP contribution in [0.3, 0.4) is 0 Å². The maximum Gasteiger partial charge on any atom is 0.142 e. The lowest BCUT2D eigenvalue weighted by Gasteiger charge is -2.28. The number of piperazine rings is 1. The van der Waals surface area contributed by atoms with Crippen molar-refractivity contribution in [3.8, 4) is 6.07 Å². The first-order valence-corrected chi connectivity index (χ1v) is 4.73. The smallest absolute Gasteiger partial charge is 0.142 e. The number of nitrogens with one attached hydrogen (secondary N) is 1. The Balaban J connectivity index is 0.00000112. The fourth-order valence-corrected chi connectivity index (χ4v) is 1.56. The van der Waals surface area contributed by atoms with Gasteiger partial charge in [0.2, 0.25) is 0 Å². The van der Waals surface area contributed by atoms with Crippen LogP contribution in [-0.4, -0.2) is 31.2 Å². The van der Waals surface area contributed by atoms with E-state index in [1.807, 2.05) is 12.1 Å². The Kier molecular flexibility index (Phi) is 6.82. The zero-order valence-corrected chi connectivity index (χ0v) is 10.4. The van der Waals surface area contributed by atoms with Gasteiger partial charge in [0.05, 0.1) is 0 Å². The molecule has 0 spiro atoms. The Labute approximate surface area is 107 Å². The summed E-state index contributed by atoms with van der Waals surface area (Å²) >= 11 is 0. The predicted octanol–water partition coefficient (Wildman–Crippen LogP) is 1.21. The molecule has 6 heteroatoms. The summed E-state index contributed by atoms with van der Waals surface area (Å²) in [5.41, 5.74) is 0.487. The van der Waals surface area contributed by atoms with E-state index >= 15 is 0 Å². The second-order valence-corrected chi connectivity index (χ2v) is 3.23. The highest BCUT2D eigenvalue weighted by Gasteiger charge is 2.11. The van der Waals surface area contributed by atoms with E-state index in [-0.39, 0.29) is 24.8 Å². The van der Waals surface area contributed by atoms with Crippen LogP contribution in [0.5, 0.6) is 0 Å². The fraction of sp³-hybridized carbons (Fsp3) is 0.400. The van der Waals surface area contributed by atoms with Gasteiger partial charge in [0.1, 0.15) is 17.6 Å². The van der Waals surface area contributed by atoms with Crippen LogP contribution in [0.15, 0.2) is 18.2 Å². The first-order chi connectivity index (χ1) is 6.90. The van der Waals surface area contributed by atoms with E-state index in [0.29, 0.717) is 5.69 Å². The Hall–Kier alpha value is -1.02. The molecular formula is C10H14Cl2N4. The van der Waals surface area contributed by atoms with Crippen LogP contribution >= 0.6 is 24.8 Å². The molecule has 88 valence electrons. The van der Waals surface area contributed by atoms with Gasteiger partial charge in [-0.2, -0.15) is 5.26 Å². The van der Waals surface area contributed by atoms with E-state index in [1.54, 1.807) is 6.07 Å². The quantitative estimate of drug-likeness (QED) is 0.825. The molecule has 1 fully saturated rings. The fourth-order valence-electron chi connectivity index (χ4n) is 1.56. The molecule has 0 bridgehead atoms. The van der Waals surface area contributed by atoms with Gasteiger partial charge in [-0.1, -0.05) is 6.07 Å². The monoisotopic (exact) mass is 260 g/mol. The van der Waals surface area contributed by atoms with Crippen LogP contribution < -0.4 is 10.2 Å². The van der Waals surface area contributed by atoms with E-state index in [9.17, 15) is 0 Å². The number of nitriles is 1. The second kappa shape index (κ2) is 7.29. The van der Waals surface area contributed by atoms with Crippen molar-refractivity contribution in [3.63, 3.8) is 0 Å². The second-order valence-electron chi connectivity index (χ2n) is 3.23. The van der Waals surface area contributed by atoms with Crippen molar-refractivity contribution in [1.29, 1.82) is 5.26 Å². The van der Waals surface area contributed by atoms with E-state index in [4.69, 9.17) is 5.26 Å². The highest BCUT2D eigenvalue weighted by molar-refractivity contribution is 5.85. The van der Waals surface area contributed by atoms with Crippen LogP contribution in [0.2, 0.25) is 0 Å². The molecule has 1 saturated heterocycles. The van der Waals surface area contributed by atoms with Crippen molar-refractivity contribution in [2.24, 2.45) is 0 Å². The Bertz CT molecular complexity index is 358. The molecule has 1 aliphatic heterocycles. The van der Waals surface area contributed by atoms with Crippen molar-refractivity contribution in [2.45, 2.75) is 0 Å². The van der Waals surface area contributed by atoms with Gasteiger partial charge in [-0.25, -0.2) is 4.98 Å². The average Bonchev–Trinajstić information content (AvgIpc) is 2.30. The molecule has 0 aliphatic carbocycles. The first-order valence-electron chi connectivity index (χ1n) is 4.73. The third-order valence-corrected chi connectivity index (χ3v) is 2.29. The van der Waals surface area contributed by atoms with Crippen molar-refractivity contribution in [3.05, 3.63) is 23.9 Å². The molecule has 0 saturated carbocycles. The number of hydrogen-bond donors (Lipinski definition) is 1. The van der Waals surface area contributed by atoms with E-state index in [0.717, 1.165) is 32.0 Å². The minimum atomic E-state index is 0. The normalized spacial score (nSPS) is 14.3. The largest absolute Gasteiger partial charge is 0.354 e. The van der Waals surface area contributed by atoms with E-state index < -0.39 is 0 Å². The summed E-state index contributed by atoms with van der Waals surface area (Å²) in [6.45, 7) is 3.89. The zero-order valence-electron chi connectivity index (χ0n) is 8.72. The van der Waals surface area contributed by atoms with Crippen LogP contribution in [0, 0.1) is 11.3 Å². The Morgan fingerprint density at radius 1 is 1.25 bits per heavy atom. The third kappa shape index (κ3) is 3.53. The molecular weight excluding hydrogens is 247 g/mol. The third-order valence-electron chi connectivity index (χ3n) is 2.29. The molecule has 1 aromatic heterocycles. The lowest BCUT2D eigenvalue weighted by Crippen LogP contribution is -2.43. The summed E-state index contributed by atoms with van der Waals surface area (Å²) in [7, 11) is 0. The lowest BCUT2D eigenvalue weighted by molar-refractivity contribution is 0.585. The van der Waals surface area contributed by atoms with E-state index in [2.05, 4.69) is 21.3 Å². The van der Waals surface area contributed by atoms with Crippen LogP contribution in [-0.2, 0) is 0 Å². The maximum atomic E-state index is 8.72. The molecule has 1 aliphatic rings. The summed E-state index contributed by atoms with van der Waals surface area (Å²) in [5, 5.41) is 12.0. The molecule has 4 nitrogen and oxygen atoms in total. The number of anilines is 1. The highest BCUT2D eigenvalue weighted by Crippen LogP contribution is 2.11. The molecule has 2 heterocycles. The Morgan fingerprint density at radius 2 is 1.94 bits per heavy atom. The van der Waals surface area contributed by atoms with E-state index in [1.165, 1.54) is 0 Å². The number of aromatic nitrogens is 1. The lowest BCUT2D eigenvalue weighted by atomic mass is 10.3. The molecule has 1 N–H and O–H groups in total. The van der Waals surface area contributed by atoms with Crippen LogP contribution in [0.1, 0.15) is 5.69 Å². The molecule has 16 heavy (non-hydrogen) atoms. The molecule has 2 rings (SSSR count). The van der Waals surface area contributed by atoms with Gasteiger partial charge in [0.25, 0.3) is 0 Å². The first kappa shape index (κ1) is 15.0.